The van der Waals surface area contributed by atoms with Gasteiger partial charge in [-0.2, -0.15) is 8.78 Å². The van der Waals surface area contributed by atoms with E-state index in [1.165, 1.54) is 6.20 Å². The molecule has 0 aliphatic rings. The van der Waals surface area contributed by atoms with Gasteiger partial charge in [0.2, 0.25) is 0 Å². The summed E-state index contributed by atoms with van der Waals surface area (Å²) in [6.07, 6.45) is 1.26. The van der Waals surface area contributed by atoms with Gasteiger partial charge in [0.15, 0.2) is 5.13 Å². The number of thiazole rings is 1. The molecule has 19 heavy (non-hydrogen) atoms. The largest absolute Gasteiger partial charge is 0.477 e. The summed E-state index contributed by atoms with van der Waals surface area (Å²) in [4.78, 5) is 15.2. The first-order valence-electron chi connectivity index (χ1n) is 5.05. The molecule has 0 saturated heterocycles. The van der Waals surface area contributed by atoms with Gasteiger partial charge in [-0.25, -0.2) is 9.78 Å². The van der Waals surface area contributed by atoms with Gasteiger partial charge in [0.1, 0.15) is 4.88 Å². The summed E-state index contributed by atoms with van der Waals surface area (Å²) in [5.41, 5.74) is 0.657. The van der Waals surface area contributed by atoms with E-state index in [0.717, 1.165) is 11.3 Å². The Hall–Kier alpha value is -1.67. The molecule has 0 bridgehead atoms. The predicted octanol–water partition coefficient (Wildman–Crippen LogP) is 3.90. The summed E-state index contributed by atoms with van der Waals surface area (Å²) >= 11 is 1.47. The predicted molar refractivity (Wildman–Crippen MR) is 70.7 cm³/mol. The van der Waals surface area contributed by atoms with Crippen LogP contribution in [-0.2, 0) is 0 Å². The number of anilines is 2. The Kier molecular flexibility index (Phi) is 4.33. The fourth-order valence-corrected chi connectivity index (χ4v) is 2.45. The van der Waals surface area contributed by atoms with E-state index < -0.39 is 11.7 Å². The van der Waals surface area contributed by atoms with Gasteiger partial charge in [-0.1, -0.05) is 23.1 Å². The second-order valence-electron chi connectivity index (χ2n) is 3.36. The third-order valence-electron chi connectivity index (χ3n) is 2.05. The zero-order chi connectivity index (χ0) is 13.8. The number of hydrogen-bond acceptors (Lipinski definition) is 5. The summed E-state index contributed by atoms with van der Waals surface area (Å²) in [5.74, 6) is -3.48. The number of aromatic carboxylic acids is 1. The summed E-state index contributed by atoms with van der Waals surface area (Å²) in [5, 5.41) is 12.1. The number of halogens is 2. The number of carboxylic acid groups (broad SMARTS) is 1. The average Bonchev–Trinajstić information content (AvgIpc) is 2.80. The minimum absolute atomic E-state index is 0.132. The first-order valence-corrected chi connectivity index (χ1v) is 6.75. The normalized spacial score (nSPS) is 10.7. The highest BCUT2D eigenvalue weighted by molar-refractivity contribution is 7.99. The number of hydrogen-bond donors (Lipinski definition) is 2. The van der Waals surface area contributed by atoms with Crippen molar-refractivity contribution >= 4 is 39.9 Å². The Bertz CT molecular complexity index is 572. The molecule has 0 aliphatic carbocycles. The van der Waals surface area contributed by atoms with Gasteiger partial charge in [0.05, 0.1) is 6.20 Å². The van der Waals surface area contributed by atoms with E-state index in [1.807, 2.05) is 0 Å². The Morgan fingerprint density at radius 3 is 2.58 bits per heavy atom. The van der Waals surface area contributed by atoms with E-state index in [2.05, 4.69) is 10.3 Å². The van der Waals surface area contributed by atoms with Gasteiger partial charge in [-0.15, -0.1) is 0 Å². The Morgan fingerprint density at radius 2 is 2.05 bits per heavy atom. The number of benzene rings is 1. The Balaban J connectivity index is 2.04. The van der Waals surface area contributed by atoms with E-state index in [-0.39, 0.29) is 4.88 Å². The highest BCUT2D eigenvalue weighted by Crippen LogP contribution is 2.28. The first kappa shape index (κ1) is 13.8. The number of nitrogens with one attached hydrogen (secondary N) is 1. The molecule has 0 radical (unpaired) electrons. The molecule has 100 valence electrons. The van der Waals surface area contributed by atoms with Crippen LogP contribution in [0.1, 0.15) is 9.67 Å². The minimum Gasteiger partial charge on any atom is -0.477 e. The van der Waals surface area contributed by atoms with Gasteiger partial charge in [-0.05, 0) is 24.3 Å². The molecule has 8 heteroatoms. The Labute approximate surface area is 115 Å². The van der Waals surface area contributed by atoms with Crippen LogP contribution in [-0.4, -0.2) is 21.8 Å². The van der Waals surface area contributed by atoms with Gasteiger partial charge in [0.25, 0.3) is 5.76 Å². The van der Waals surface area contributed by atoms with Crippen molar-refractivity contribution < 1.29 is 18.7 Å². The van der Waals surface area contributed by atoms with Crippen molar-refractivity contribution in [2.75, 3.05) is 5.32 Å². The van der Waals surface area contributed by atoms with Crippen molar-refractivity contribution in [1.82, 2.24) is 4.98 Å². The number of aromatic nitrogens is 1. The van der Waals surface area contributed by atoms with Crippen molar-refractivity contribution in [3.63, 3.8) is 0 Å². The Morgan fingerprint density at radius 1 is 1.37 bits per heavy atom. The van der Waals surface area contributed by atoms with Crippen LogP contribution in [0.25, 0.3) is 0 Å². The minimum atomic E-state index is -2.45. The summed E-state index contributed by atoms with van der Waals surface area (Å²) in [6, 6.07) is 6.38. The van der Waals surface area contributed by atoms with Crippen molar-refractivity contribution in [1.29, 1.82) is 0 Å². The van der Waals surface area contributed by atoms with Crippen LogP contribution >= 0.6 is 23.1 Å². The van der Waals surface area contributed by atoms with E-state index in [1.54, 1.807) is 24.3 Å². The number of nitrogens with zero attached hydrogens (tertiary/aromatic N) is 1. The summed E-state index contributed by atoms with van der Waals surface area (Å²) in [7, 11) is 0. The average molecular weight is 302 g/mol. The second kappa shape index (κ2) is 5.98. The molecular formula is C11H8F2N2O2S2. The van der Waals surface area contributed by atoms with E-state index in [4.69, 9.17) is 5.11 Å². The standard InChI is InChI=1S/C11H8F2N2O2S2/c12-10(13)18-7-3-1-6(2-4-7)15-11-14-5-8(19-11)9(16)17/h1-5,10H,(H,14,15)(H,16,17). The van der Waals surface area contributed by atoms with Gasteiger partial charge >= 0.3 is 5.97 Å². The van der Waals surface area contributed by atoms with Crippen LogP contribution in [0.2, 0.25) is 0 Å². The molecule has 2 aromatic rings. The van der Waals surface area contributed by atoms with E-state index in [9.17, 15) is 13.6 Å². The van der Waals surface area contributed by atoms with Crippen molar-refractivity contribution in [3.05, 3.63) is 35.3 Å². The smallest absolute Gasteiger partial charge is 0.347 e. The summed E-state index contributed by atoms with van der Waals surface area (Å²) < 4.78 is 24.3. The van der Waals surface area contributed by atoms with Crippen LogP contribution < -0.4 is 5.32 Å². The molecule has 0 unspecified atom stereocenters. The lowest BCUT2D eigenvalue weighted by Crippen LogP contribution is -1.90. The van der Waals surface area contributed by atoms with Gasteiger partial charge < -0.3 is 10.4 Å². The molecule has 1 heterocycles. The van der Waals surface area contributed by atoms with Crippen LogP contribution in [0.15, 0.2) is 35.4 Å². The SMILES string of the molecule is O=C(O)c1cnc(Nc2ccc(SC(F)F)cc2)s1. The number of carboxylic acids is 1. The molecule has 1 aromatic heterocycles. The first-order chi connectivity index (χ1) is 9.04. The lowest BCUT2D eigenvalue weighted by molar-refractivity contribution is 0.0702. The fourth-order valence-electron chi connectivity index (χ4n) is 1.27. The molecule has 2 N–H and O–H groups in total. The van der Waals surface area contributed by atoms with Crippen LogP contribution in [0.4, 0.5) is 19.6 Å². The molecule has 0 spiro atoms. The zero-order valence-corrected chi connectivity index (χ0v) is 11.0. The highest BCUT2D eigenvalue weighted by atomic mass is 32.2. The number of carbonyl (C=O) groups is 1. The maximum Gasteiger partial charge on any atom is 0.347 e. The fraction of sp³-hybridized carbons (Fsp3) is 0.0909. The molecule has 0 fully saturated rings. The molecule has 2 rings (SSSR count). The lowest BCUT2D eigenvalue weighted by Gasteiger charge is -2.04. The van der Waals surface area contributed by atoms with Crippen molar-refractivity contribution in [2.24, 2.45) is 0 Å². The maximum absolute atomic E-state index is 12.1. The lowest BCUT2D eigenvalue weighted by atomic mass is 10.3. The monoisotopic (exact) mass is 302 g/mol. The van der Waals surface area contributed by atoms with Crippen molar-refractivity contribution in [3.8, 4) is 0 Å². The molecule has 1 aromatic carbocycles. The van der Waals surface area contributed by atoms with Crippen LogP contribution in [0.3, 0.4) is 0 Å². The molecule has 0 saturated carbocycles. The van der Waals surface area contributed by atoms with Gasteiger partial charge in [0, 0.05) is 10.6 Å². The van der Waals surface area contributed by atoms with Crippen LogP contribution in [0, 0.1) is 0 Å². The molecule has 0 aliphatic heterocycles. The molecule has 0 atom stereocenters. The van der Waals surface area contributed by atoms with E-state index >= 15 is 0 Å². The highest BCUT2D eigenvalue weighted by Gasteiger charge is 2.09. The molecule has 0 amide bonds. The van der Waals surface area contributed by atoms with Crippen molar-refractivity contribution in [2.45, 2.75) is 10.7 Å². The number of rotatable bonds is 5. The molecule has 4 nitrogen and oxygen atoms in total. The number of alkyl halides is 2. The maximum atomic E-state index is 12.1. The molecular weight excluding hydrogens is 294 g/mol. The number of thioether (sulfide) groups is 1. The summed E-state index contributed by atoms with van der Waals surface area (Å²) in [6.45, 7) is 0. The third-order valence-corrected chi connectivity index (χ3v) is 3.67. The van der Waals surface area contributed by atoms with E-state index in [0.29, 0.717) is 27.5 Å². The third kappa shape index (κ3) is 3.90. The zero-order valence-electron chi connectivity index (χ0n) is 9.34. The van der Waals surface area contributed by atoms with Gasteiger partial charge in [-0.3, -0.25) is 0 Å². The quantitative estimate of drug-likeness (QED) is 0.820. The second-order valence-corrected chi connectivity index (χ2v) is 5.46. The van der Waals surface area contributed by atoms with Crippen LogP contribution in [0.5, 0.6) is 0 Å². The topological polar surface area (TPSA) is 62.2 Å².